The van der Waals surface area contributed by atoms with Crippen LogP contribution in [0.15, 0.2) is 60.9 Å². The van der Waals surface area contributed by atoms with Crippen LogP contribution in [0.5, 0.6) is 11.5 Å². The van der Waals surface area contributed by atoms with Gasteiger partial charge in [0.2, 0.25) is 0 Å². The van der Waals surface area contributed by atoms with Crippen molar-refractivity contribution in [3.05, 3.63) is 60.9 Å². The van der Waals surface area contributed by atoms with Gasteiger partial charge in [-0.15, -0.1) is 0 Å². The number of nitrogens with two attached hydrogens (primary N) is 1. The van der Waals surface area contributed by atoms with Crippen molar-refractivity contribution in [2.24, 2.45) is 0 Å². The molecule has 0 atom stereocenters. The third kappa shape index (κ3) is 4.54. The van der Waals surface area contributed by atoms with E-state index in [1.165, 1.54) is 39.0 Å². The van der Waals surface area contributed by atoms with Gasteiger partial charge >= 0.3 is 0 Å². The minimum Gasteiger partial charge on any atom is -0.457 e. The van der Waals surface area contributed by atoms with Crippen molar-refractivity contribution in [2.75, 3.05) is 39.0 Å². The predicted molar refractivity (Wildman–Crippen MR) is 142 cm³/mol. The lowest BCUT2D eigenvalue weighted by molar-refractivity contribution is 0.0815. The molecule has 2 aromatic heterocycles. The number of hydrogen-bond donors (Lipinski definition) is 1. The highest BCUT2D eigenvalue weighted by Gasteiger charge is 2.30. The molecule has 1 aliphatic heterocycles. The minimum absolute atomic E-state index is 0.319. The maximum Gasteiger partial charge on any atom is 0.164 e. The number of fused-ring (bicyclic) bond motifs is 1. The fraction of sp³-hybridized carbons (Fsp3) is 0.393. The van der Waals surface area contributed by atoms with E-state index in [-0.39, 0.29) is 0 Å². The molecule has 0 spiro atoms. The zero-order valence-corrected chi connectivity index (χ0v) is 20.8. The van der Waals surface area contributed by atoms with Crippen molar-refractivity contribution in [1.29, 1.82) is 0 Å². The van der Waals surface area contributed by atoms with Crippen molar-refractivity contribution in [2.45, 2.75) is 37.8 Å². The summed E-state index contributed by atoms with van der Waals surface area (Å²) >= 11 is 0. The number of ether oxygens (including phenoxy) is 1. The Kier molecular flexibility index (Phi) is 6.29. The molecule has 0 unspecified atom stereocenters. The van der Waals surface area contributed by atoms with Crippen LogP contribution in [0.2, 0.25) is 0 Å². The van der Waals surface area contributed by atoms with Gasteiger partial charge in [-0.05, 0) is 69.1 Å². The van der Waals surface area contributed by atoms with E-state index in [0.29, 0.717) is 17.9 Å². The number of nitrogens with zero attached hydrogens (tertiary/aromatic N) is 6. The molecule has 3 heterocycles. The average Bonchev–Trinajstić information content (AvgIpc) is 3.31. The summed E-state index contributed by atoms with van der Waals surface area (Å²) in [6.07, 6.45) is 6.13. The SMILES string of the molecule is CN1CCN([C@H]2CC[C@@H](n3nc(-c4ccc(Oc5ccccc5)cc4)c4c(N)ncnc43)CC2)CC1. The van der Waals surface area contributed by atoms with E-state index in [1.54, 1.807) is 6.33 Å². The highest BCUT2D eigenvalue weighted by atomic mass is 16.5. The van der Waals surface area contributed by atoms with Gasteiger partial charge in [0.1, 0.15) is 29.3 Å². The van der Waals surface area contributed by atoms with Gasteiger partial charge in [-0.2, -0.15) is 5.10 Å². The van der Waals surface area contributed by atoms with Crippen LogP contribution in [-0.4, -0.2) is 68.8 Å². The van der Waals surface area contributed by atoms with E-state index in [0.717, 1.165) is 46.6 Å². The van der Waals surface area contributed by atoms with E-state index in [1.807, 2.05) is 54.6 Å². The molecule has 1 saturated carbocycles. The van der Waals surface area contributed by atoms with Gasteiger partial charge in [-0.25, -0.2) is 14.6 Å². The molecule has 1 saturated heterocycles. The first-order chi connectivity index (χ1) is 17.7. The maximum absolute atomic E-state index is 6.36. The molecule has 186 valence electrons. The van der Waals surface area contributed by atoms with E-state index in [9.17, 15) is 0 Å². The lowest BCUT2D eigenvalue weighted by Crippen LogP contribution is -2.49. The minimum atomic E-state index is 0.319. The Bertz CT molecular complexity index is 1310. The number of benzene rings is 2. The molecule has 0 radical (unpaired) electrons. The maximum atomic E-state index is 6.36. The van der Waals surface area contributed by atoms with Gasteiger partial charge in [0.05, 0.1) is 11.4 Å². The molecule has 8 heteroatoms. The number of rotatable bonds is 5. The number of para-hydroxylation sites is 1. The Labute approximate surface area is 211 Å². The van der Waals surface area contributed by atoms with E-state index < -0.39 is 0 Å². The monoisotopic (exact) mass is 483 g/mol. The highest BCUT2D eigenvalue weighted by molar-refractivity contribution is 5.98. The van der Waals surface area contributed by atoms with E-state index in [2.05, 4.69) is 31.5 Å². The zero-order valence-electron chi connectivity index (χ0n) is 20.8. The Hall–Kier alpha value is -3.49. The van der Waals surface area contributed by atoms with Crippen LogP contribution < -0.4 is 10.5 Å². The molecular formula is C28H33N7O. The van der Waals surface area contributed by atoms with Crippen LogP contribution in [0, 0.1) is 0 Å². The molecule has 2 aliphatic rings. The molecular weight excluding hydrogens is 450 g/mol. The summed E-state index contributed by atoms with van der Waals surface area (Å²) in [5, 5.41) is 5.91. The van der Waals surface area contributed by atoms with Gasteiger partial charge in [0.25, 0.3) is 0 Å². The highest BCUT2D eigenvalue weighted by Crippen LogP contribution is 2.37. The van der Waals surface area contributed by atoms with Gasteiger partial charge in [0, 0.05) is 37.8 Å². The molecule has 0 bridgehead atoms. The number of likely N-dealkylation sites (N-methyl/N-ethyl adjacent to an activating group) is 1. The molecule has 36 heavy (non-hydrogen) atoms. The first kappa shape index (κ1) is 22.9. The zero-order chi connectivity index (χ0) is 24.5. The fourth-order valence-electron chi connectivity index (χ4n) is 5.61. The first-order valence-electron chi connectivity index (χ1n) is 12.9. The Balaban J connectivity index is 1.24. The standard InChI is InChI=1S/C28H33N7O/c1-33-15-17-34(18-16-33)21-9-11-22(12-10-21)35-28-25(27(29)30-19-31-28)26(32-35)20-7-13-24(14-8-20)36-23-5-3-2-4-6-23/h2-8,13-14,19,21-22H,9-12,15-18H2,1H3,(H2,29,30,31)/t21-,22+. The fourth-order valence-corrected chi connectivity index (χ4v) is 5.61. The summed E-state index contributed by atoms with van der Waals surface area (Å²) < 4.78 is 8.07. The lowest BCUT2D eigenvalue weighted by Gasteiger charge is -2.41. The van der Waals surface area contributed by atoms with Crippen LogP contribution in [0.25, 0.3) is 22.3 Å². The van der Waals surface area contributed by atoms with Gasteiger partial charge in [-0.3, -0.25) is 4.90 Å². The van der Waals surface area contributed by atoms with Crippen molar-refractivity contribution >= 4 is 16.9 Å². The Morgan fingerprint density at radius 3 is 2.19 bits per heavy atom. The summed E-state index contributed by atoms with van der Waals surface area (Å²) in [6, 6.07) is 18.8. The van der Waals surface area contributed by atoms with Crippen LogP contribution in [0.1, 0.15) is 31.7 Å². The van der Waals surface area contributed by atoms with E-state index in [4.69, 9.17) is 15.6 Å². The summed E-state index contributed by atoms with van der Waals surface area (Å²) in [5.41, 5.74) is 8.99. The lowest BCUT2D eigenvalue weighted by atomic mass is 9.90. The first-order valence-corrected chi connectivity index (χ1v) is 12.9. The topological polar surface area (TPSA) is 85.3 Å². The van der Waals surface area contributed by atoms with E-state index >= 15 is 0 Å². The van der Waals surface area contributed by atoms with Gasteiger partial charge < -0.3 is 15.4 Å². The Morgan fingerprint density at radius 2 is 1.47 bits per heavy atom. The summed E-state index contributed by atoms with van der Waals surface area (Å²) in [7, 11) is 2.21. The van der Waals surface area contributed by atoms with Crippen LogP contribution >= 0.6 is 0 Å². The number of aromatic nitrogens is 4. The smallest absolute Gasteiger partial charge is 0.164 e. The Morgan fingerprint density at radius 1 is 0.806 bits per heavy atom. The average molecular weight is 484 g/mol. The predicted octanol–water partition coefficient (Wildman–Crippen LogP) is 4.60. The van der Waals surface area contributed by atoms with Crippen molar-refractivity contribution in [3.8, 4) is 22.8 Å². The van der Waals surface area contributed by atoms with Crippen LogP contribution in [0.3, 0.4) is 0 Å². The molecule has 2 N–H and O–H groups in total. The third-order valence-corrected chi connectivity index (χ3v) is 7.69. The number of nitrogen functional groups attached to an aromatic ring is 1. The summed E-state index contributed by atoms with van der Waals surface area (Å²) in [5.74, 6) is 2.06. The number of anilines is 1. The quantitative estimate of drug-likeness (QED) is 0.444. The molecule has 2 fully saturated rings. The third-order valence-electron chi connectivity index (χ3n) is 7.69. The molecule has 4 aromatic rings. The van der Waals surface area contributed by atoms with Crippen molar-refractivity contribution in [3.63, 3.8) is 0 Å². The van der Waals surface area contributed by atoms with Crippen LogP contribution in [0.4, 0.5) is 5.82 Å². The molecule has 0 amide bonds. The number of hydrogen-bond acceptors (Lipinski definition) is 7. The second-order valence-electron chi connectivity index (χ2n) is 9.99. The van der Waals surface area contributed by atoms with Crippen LogP contribution in [-0.2, 0) is 0 Å². The van der Waals surface area contributed by atoms with Crippen molar-refractivity contribution < 1.29 is 4.74 Å². The number of piperazine rings is 1. The second-order valence-corrected chi connectivity index (χ2v) is 9.99. The molecule has 8 nitrogen and oxygen atoms in total. The second kappa shape index (κ2) is 9.87. The molecule has 1 aliphatic carbocycles. The van der Waals surface area contributed by atoms with Gasteiger partial charge in [-0.1, -0.05) is 18.2 Å². The van der Waals surface area contributed by atoms with Gasteiger partial charge in [0.15, 0.2) is 5.65 Å². The molecule has 2 aromatic carbocycles. The summed E-state index contributed by atoms with van der Waals surface area (Å²) in [6.45, 7) is 4.68. The molecule has 6 rings (SSSR count). The van der Waals surface area contributed by atoms with Crippen molar-refractivity contribution in [1.82, 2.24) is 29.5 Å². The largest absolute Gasteiger partial charge is 0.457 e. The normalized spacial score (nSPS) is 21.6. The summed E-state index contributed by atoms with van der Waals surface area (Å²) in [4.78, 5) is 14.0.